The fourth-order valence-electron chi connectivity index (χ4n) is 3.28. The summed E-state index contributed by atoms with van der Waals surface area (Å²) in [7, 11) is 0. The number of para-hydroxylation sites is 2. The van der Waals surface area contributed by atoms with Crippen molar-refractivity contribution in [2.24, 2.45) is 0 Å². The van der Waals surface area contributed by atoms with E-state index in [2.05, 4.69) is 23.2 Å². The van der Waals surface area contributed by atoms with Crippen molar-refractivity contribution in [2.45, 2.75) is 0 Å². The van der Waals surface area contributed by atoms with E-state index in [1.165, 1.54) is 5.39 Å². The lowest BCUT2D eigenvalue weighted by Crippen LogP contribution is -1.84. The molecule has 24 heavy (non-hydrogen) atoms. The van der Waals surface area contributed by atoms with Crippen LogP contribution in [-0.2, 0) is 0 Å². The average molecular weight is 311 g/mol. The van der Waals surface area contributed by atoms with E-state index in [1.54, 1.807) is 6.07 Å². The lowest BCUT2D eigenvalue weighted by Gasteiger charge is -2.08. The molecule has 0 aliphatic carbocycles. The number of oxazole rings is 1. The molecule has 5 aromatic rings. The fraction of sp³-hybridized carbons (Fsp3) is 0. The monoisotopic (exact) mass is 311 g/mol. The topological polar surface area (TPSA) is 46.3 Å². The van der Waals surface area contributed by atoms with Gasteiger partial charge in [-0.25, -0.2) is 4.98 Å². The molecule has 0 aliphatic heterocycles. The summed E-state index contributed by atoms with van der Waals surface area (Å²) in [5.41, 5.74) is 2.13. The highest BCUT2D eigenvalue weighted by Gasteiger charge is 2.16. The van der Waals surface area contributed by atoms with Gasteiger partial charge in [0, 0.05) is 0 Å². The van der Waals surface area contributed by atoms with E-state index < -0.39 is 0 Å². The van der Waals surface area contributed by atoms with Crippen LogP contribution in [0, 0.1) is 0 Å². The zero-order valence-corrected chi connectivity index (χ0v) is 12.7. The molecule has 5 rings (SSSR count). The van der Waals surface area contributed by atoms with Crippen LogP contribution in [-0.4, -0.2) is 10.1 Å². The summed E-state index contributed by atoms with van der Waals surface area (Å²) in [5.74, 6) is 0.610. The molecular formula is C21H13NO2. The molecule has 1 aromatic heterocycles. The highest BCUT2D eigenvalue weighted by atomic mass is 16.3. The van der Waals surface area contributed by atoms with Gasteiger partial charge in [0.05, 0.1) is 5.56 Å². The van der Waals surface area contributed by atoms with Gasteiger partial charge in [-0.05, 0) is 39.7 Å². The Balaban J connectivity index is 1.90. The average Bonchev–Trinajstić information content (AvgIpc) is 3.04. The zero-order valence-electron chi connectivity index (χ0n) is 12.7. The highest BCUT2D eigenvalue weighted by Crippen LogP contribution is 2.39. The molecule has 3 nitrogen and oxygen atoms in total. The molecule has 0 bridgehead atoms. The van der Waals surface area contributed by atoms with Gasteiger partial charge in [-0.3, -0.25) is 0 Å². The van der Waals surface area contributed by atoms with Gasteiger partial charge in [0.1, 0.15) is 11.3 Å². The van der Waals surface area contributed by atoms with E-state index in [-0.39, 0.29) is 5.75 Å². The van der Waals surface area contributed by atoms with Crippen molar-refractivity contribution < 1.29 is 9.52 Å². The summed E-state index contributed by atoms with van der Waals surface area (Å²) >= 11 is 0. The normalized spacial score (nSPS) is 11.5. The van der Waals surface area contributed by atoms with Crippen LogP contribution in [0.15, 0.2) is 77.2 Å². The van der Waals surface area contributed by atoms with Crippen LogP contribution in [0.4, 0.5) is 0 Å². The van der Waals surface area contributed by atoms with E-state index in [4.69, 9.17) is 4.42 Å². The Morgan fingerprint density at radius 1 is 0.708 bits per heavy atom. The minimum atomic E-state index is 0.171. The first-order chi connectivity index (χ1) is 11.8. The van der Waals surface area contributed by atoms with Crippen molar-refractivity contribution in [2.75, 3.05) is 0 Å². The predicted octanol–water partition coefficient (Wildman–Crippen LogP) is 5.51. The summed E-state index contributed by atoms with van der Waals surface area (Å²) in [4.78, 5) is 4.55. The molecule has 1 N–H and O–H groups in total. The maximum atomic E-state index is 10.5. The number of rotatable bonds is 1. The maximum Gasteiger partial charge on any atom is 0.231 e. The Morgan fingerprint density at radius 2 is 1.50 bits per heavy atom. The van der Waals surface area contributed by atoms with Crippen LogP contribution < -0.4 is 0 Å². The number of benzene rings is 4. The Bertz CT molecular complexity index is 1190. The Labute approximate surface area is 137 Å². The van der Waals surface area contributed by atoms with Gasteiger partial charge in [0.15, 0.2) is 5.58 Å². The molecule has 114 valence electrons. The summed E-state index contributed by atoms with van der Waals surface area (Å²) in [5, 5.41) is 14.8. The number of phenolic OH excluding ortho intramolecular Hbond substituents is 1. The van der Waals surface area contributed by atoms with Crippen molar-refractivity contribution in [3.8, 4) is 17.2 Å². The van der Waals surface area contributed by atoms with Crippen LogP contribution in [0.5, 0.6) is 5.75 Å². The van der Waals surface area contributed by atoms with Crippen LogP contribution >= 0.6 is 0 Å². The molecule has 0 saturated carbocycles. The quantitative estimate of drug-likeness (QED) is 0.415. The molecule has 0 radical (unpaired) electrons. The molecule has 0 saturated heterocycles. The number of hydrogen-bond donors (Lipinski definition) is 1. The number of aromatic nitrogens is 1. The Kier molecular flexibility index (Phi) is 2.65. The van der Waals surface area contributed by atoms with Gasteiger partial charge in [-0.15, -0.1) is 0 Å². The van der Waals surface area contributed by atoms with E-state index in [1.807, 2.05) is 48.5 Å². The second-order valence-electron chi connectivity index (χ2n) is 5.83. The van der Waals surface area contributed by atoms with E-state index in [0.29, 0.717) is 17.0 Å². The molecule has 1 heterocycles. The second kappa shape index (κ2) is 4.83. The lowest BCUT2D eigenvalue weighted by molar-refractivity contribution is 0.475. The second-order valence-corrected chi connectivity index (χ2v) is 5.83. The minimum Gasteiger partial charge on any atom is -0.507 e. The number of hydrogen-bond acceptors (Lipinski definition) is 3. The minimum absolute atomic E-state index is 0.171. The molecular weight excluding hydrogens is 298 g/mol. The first-order valence-corrected chi connectivity index (χ1v) is 7.81. The van der Waals surface area contributed by atoms with Gasteiger partial charge in [-0.2, -0.15) is 0 Å². The predicted molar refractivity (Wildman–Crippen MR) is 96.1 cm³/mol. The maximum absolute atomic E-state index is 10.5. The molecule has 0 amide bonds. The molecule has 0 fully saturated rings. The summed E-state index contributed by atoms with van der Waals surface area (Å²) < 4.78 is 5.88. The lowest BCUT2D eigenvalue weighted by atomic mass is 9.98. The van der Waals surface area contributed by atoms with E-state index in [0.717, 1.165) is 21.7 Å². The number of nitrogens with zero attached hydrogens (tertiary/aromatic N) is 1. The number of phenols is 1. The highest BCUT2D eigenvalue weighted by molar-refractivity contribution is 6.12. The molecule has 4 aromatic carbocycles. The third-order valence-corrected chi connectivity index (χ3v) is 4.41. The molecule has 3 heteroatoms. The largest absolute Gasteiger partial charge is 0.507 e. The van der Waals surface area contributed by atoms with Crippen LogP contribution in [0.3, 0.4) is 0 Å². The van der Waals surface area contributed by atoms with Gasteiger partial charge >= 0.3 is 0 Å². The third kappa shape index (κ3) is 1.82. The standard InChI is InChI=1S/C21H13NO2/c23-18-12-11-15-14-6-2-1-5-13(14)9-10-16(15)20(18)21-22-17-7-3-4-8-19(17)24-21/h1-12,23H. The summed E-state index contributed by atoms with van der Waals surface area (Å²) in [6.07, 6.45) is 0. The Hall–Kier alpha value is -3.33. The first-order valence-electron chi connectivity index (χ1n) is 7.81. The number of aromatic hydroxyl groups is 1. The summed E-state index contributed by atoms with van der Waals surface area (Å²) in [6.45, 7) is 0. The molecule has 0 unspecified atom stereocenters. The SMILES string of the molecule is Oc1ccc2c(ccc3ccccc32)c1-c1nc2ccccc2o1. The van der Waals surface area contributed by atoms with Gasteiger partial charge in [0.25, 0.3) is 0 Å². The molecule has 0 aliphatic rings. The zero-order chi connectivity index (χ0) is 16.1. The van der Waals surface area contributed by atoms with Gasteiger partial charge in [-0.1, -0.05) is 54.6 Å². The van der Waals surface area contributed by atoms with E-state index >= 15 is 0 Å². The van der Waals surface area contributed by atoms with E-state index in [9.17, 15) is 5.11 Å². The summed E-state index contributed by atoms with van der Waals surface area (Å²) in [6, 6.07) is 23.6. The Morgan fingerprint density at radius 3 is 2.42 bits per heavy atom. The van der Waals surface area contributed by atoms with Crippen LogP contribution in [0.25, 0.3) is 44.1 Å². The first kappa shape index (κ1) is 13.1. The van der Waals surface area contributed by atoms with Crippen molar-refractivity contribution in [1.82, 2.24) is 4.98 Å². The smallest absolute Gasteiger partial charge is 0.231 e. The number of fused-ring (bicyclic) bond motifs is 4. The van der Waals surface area contributed by atoms with Crippen molar-refractivity contribution in [3.05, 3.63) is 72.8 Å². The van der Waals surface area contributed by atoms with Crippen LogP contribution in [0.1, 0.15) is 0 Å². The molecule has 0 spiro atoms. The van der Waals surface area contributed by atoms with Crippen molar-refractivity contribution in [1.29, 1.82) is 0 Å². The fourth-order valence-corrected chi connectivity index (χ4v) is 3.28. The van der Waals surface area contributed by atoms with Gasteiger partial charge in [0.2, 0.25) is 5.89 Å². The van der Waals surface area contributed by atoms with Crippen molar-refractivity contribution >= 4 is 32.6 Å². The van der Waals surface area contributed by atoms with Gasteiger partial charge < -0.3 is 9.52 Å². The third-order valence-electron chi connectivity index (χ3n) is 4.41. The molecule has 0 atom stereocenters. The van der Waals surface area contributed by atoms with Crippen molar-refractivity contribution in [3.63, 3.8) is 0 Å². The van der Waals surface area contributed by atoms with Crippen LogP contribution in [0.2, 0.25) is 0 Å².